The maximum Gasteiger partial charge on any atom is 0.433 e. The summed E-state index contributed by atoms with van der Waals surface area (Å²) in [6.07, 6.45) is 0.936. The molecule has 0 N–H and O–H groups in total. The first kappa shape index (κ1) is 16.6. The van der Waals surface area contributed by atoms with Crippen molar-refractivity contribution in [3.05, 3.63) is 41.2 Å². The van der Waals surface area contributed by atoms with Gasteiger partial charge in [0.2, 0.25) is 0 Å². The summed E-state index contributed by atoms with van der Waals surface area (Å²) in [6.45, 7) is 2.16. The molecule has 1 aromatic heterocycles. The number of alkyl halides is 3. The molecule has 4 rings (SSSR count). The third-order valence-electron chi connectivity index (χ3n) is 5.45. The van der Waals surface area contributed by atoms with Crippen molar-refractivity contribution < 1.29 is 27.4 Å². The van der Waals surface area contributed by atoms with E-state index in [-0.39, 0.29) is 30.5 Å². The SMILES string of the molecule is CC1C=C2C(=O)O[C@@H]3CCC(C1)[C@]23OCc1ccc(C(F)(F)F)nc1. The first-order valence-electron chi connectivity index (χ1n) is 8.40. The van der Waals surface area contributed by atoms with E-state index in [9.17, 15) is 18.0 Å². The predicted molar refractivity (Wildman–Crippen MR) is 81.2 cm³/mol. The van der Waals surface area contributed by atoms with Gasteiger partial charge in [-0.2, -0.15) is 13.2 Å². The number of pyridine rings is 1. The van der Waals surface area contributed by atoms with Crippen molar-refractivity contribution in [2.45, 2.75) is 50.7 Å². The number of rotatable bonds is 3. The van der Waals surface area contributed by atoms with Crippen molar-refractivity contribution >= 4 is 5.97 Å². The molecule has 25 heavy (non-hydrogen) atoms. The lowest BCUT2D eigenvalue weighted by Crippen LogP contribution is -2.46. The molecule has 3 aliphatic rings. The summed E-state index contributed by atoms with van der Waals surface area (Å²) in [7, 11) is 0. The number of halogens is 3. The summed E-state index contributed by atoms with van der Waals surface area (Å²) >= 11 is 0. The highest BCUT2D eigenvalue weighted by Gasteiger charge is 2.63. The third kappa shape index (κ3) is 2.56. The molecule has 2 aliphatic carbocycles. The van der Waals surface area contributed by atoms with Crippen LogP contribution in [-0.2, 0) is 27.1 Å². The van der Waals surface area contributed by atoms with Crippen LogP contribution in [0, 0.1) is 11.8 Å². The Balaban J connectivity index is 1.57. The van der Waals surface area contributed by atoms with Crippen LogP contribution in [0.4, 0.5) is 13.2 Å². The minimum atomic E-state index is -4.46. The van der Waals surface area contributed by atoms with Crippen LogP contribution in [0.15, 0.2) is 30.0 Å². The summed E-state index contributed by atoms with van der Waals surface area (Å²) in [4.78, 5) is 15.7. The van der Waals surface area contributed by atoms with Crippen LogP contribution in [0.3, 0.4) is 0 Å². The van der Waals surface area contributed by atoms with Gasteiger partial charge in [-0.05, 0) is 42.7 Å². The molecule has 1 saturated carbocycles. The molecule has 0 spiro atoms. The van der Waals surface area contributed by atoms with Gasteiger partial charge in [0, 0.05) is 6.20 Å². The zero-order valence-corrected chi connectivity index (χ0v) is 13.7. The lowest BCUT2D eigenvalue weighted by Gasteiger charge is -2.38. The van der Waals surface area contributed by atoms with Crippen LogP contribution in [-0.4, -0.2) is 22.7 Å². The van der Waals surface area contributed by atoms with Crippen molar-refractivity contribution in [1.29, 1.82) is 0 Å². The van der Waals surface area contributed by atoms with Gasteiger partial charge < -0.3 is 9.47 Å². The summed E-state index contributed by atoms with van der Waals surface area (Å²) in [5, 5.41) is 0. The molecule has 2 heterocycles. The zero-order chi connectivity index (χ0) is 17.8. The van der Waals surface area contributed by atoms with Gasteiger partial charge in [-0.1, -0.05) is 19.1 Å². The highest BCUT2D eigenvalue weighted by molar-refractivity contribution is 5.94. The first-order valence-corrected chi connectivity index (χ1v) is 8.40. The third-order valence-corrected chi connectivity index (χ3v) is 5.45. The van der Waals surface area contributed by atoms with E-state index in [1.54, 1.807) is 0 Å². The second kappa shape index (κ2) is 5.56. The van der Waals surface area contributed by atoms with E-state index in [2.05, 4.69) is 11.9 Å². The van der Waals surface area contributed by atoms with Gasteiger partial charge in [0.15, 0.2) is 0 Å². The van der Waals surface area contributed by atoms with Gasteiger partial charge >= 0.3 is 12.1 Å². The lowest BCUT2D eigenvalue weighted by molar-refractivity contribution is -0.142. The highest BCUT2D eigenvalue weighted by Crippen LogP contribution is 2.55. The minimum Gasteiger partial charge on any atom is -0.455 e. The molecule has 4 nitrogen and oxygen atoms in total. The first-order chi connectivity index (χ1) is 11.8. The summed E-state index contributed by atoms with van der Waals surface area (Å²) in [5.74, 6) is 0.155. The quantitative estimate of drug-likeness (QED) is 0.778. The molecule has 1 aromatic rings. The average Bonchev–Trinajstić information content (AvgIpc) is 3.03. The fourth-order valence-electron chi connectivity index (χ4n) is 4.40. The molecule has 0 aromatic carbocycles. The molecule has 0 amide bonds. The predicted octanol–water partition coefficient (Wildman–Crippen LogP) is 3.66. The Labute approximate surface area is 143 Å². The number of hydrogen-bond acceptors (Lipinski definition) is 4. The van der Waals surface area contributed by atoms with Crippen LogP contribution >= 0.6 is 0 Å². The number of ether oxygens (including phenoxy) is 2. The zero-order valence-electron chi connectivity index (χ0n) is 13.7. The number of aromatic nitrogens is 1. The molecule has 7 heteroatoms. The van der Waals surface area contributed by atoms with Crippen molar-refractivity contribution in [3.8, 4) is 0 Å². The maximum absolute atomic E-state index is 12.6. The standard InChI is InChI=1S/C18H18F3NO3/c1-10-6-12-3-5-15-17(12,13(7-10)16(23)25-15)24-9-11-2-4-14(22-8-11)18(19,20)21/h2,4,7-8,10,12,15H,3,5-6,9H2,1H3/t10?,12?,15-,17+/m1/s1. The Hall–Kier alpha value is -1.89. The van der Waals surface area contributed by atoms with Crippen LogP contribution in [0.2, 0.25) is 0 Å². The molecule has 1 aliphatic heterocycles. The van der Waals surface area contributed by atoms with Crippen LogP contribution < -0.4 is 0 Å². The normalized spacial score (nSPS) is 33.8. The number of carbonyl (C=O) groups excluding carboxylic acids is 1. The molecule has 2 fully saturated rings. The number of esters is 1. The van der Waals surface area contributed by atoms with Crippen molar-refractivity contribution in [1.82, 2.24) is 4.98 Å². The van der Waals surface area contributed by atoms with Gasteiger partial charge in [0.1, 0.15) is 17.4 Å². The van der Waals surface area contributed by atoms with E-state index in [0.717, 1.165) is 25.3 Å². The number of hydrogen-bond donors (Lipinski definition) is 0. The monoisotopic (exact) mass is 353 g/mol. The minimum absolute atomic E-state index is 0.0977. The van der Waals surface area contributed by atoms with Gasteiger partial charge in [0.05, 0.1) is 12.2 Å². The van der Waals surface area contributed by atoms with Gasteiger partial charge in [-0.25, -0.2) is 4.79 Å². The summed E-state index contributed by atoms with van der Waals surface area (Å²) in [6, 6.07) is 2.31. The van der Waals surface area contributed by atoms with Crippen molar-refractivity contribution in [2.24, 2.45) is 11.8 Å². The Morgan fingerprint density at radius 2 is 2.16 bits per heavy atom. The second-order valence-corrected chi connectivity index (χ2v) is 7.09. The summed E-state index contributed by atoms with van der Waals surface area (Å²) < 4.78 is 49.5. The largest absolute Gasteiger partial charge is 0.455 e. The molecule has 1 saturated heterocycles. The fourth-order valence-corrected chi connectivity index (χ4v) is 4.40. The lowest BCUT2D eigenvalue weighted by atomic mass is 9.73. The number of carbonyl (C=O) groups is 1. The molecular weight excluding hydrogens is 335 g/mol. The summed E-state index contributed by atoms with van der Waals surface area (Å²) in [5.41, 5.74) is -0.564. The van der Waals surface area contributed by atoms with Crippen LogP contribution in [0.5, 0.6) is 0 Å². The van der Waals surface area contributed by atoms with Crippen molar-refractivity contribution in [2.75, 3.05) is 0 Å². The Morgan fingerprint density at radius 1 is 1.36 bits per heavy atom. The van der Waals surface area contributed by atoms with E-state index in [1.165, 1.54) is 12.3 Å². The number of nitrogens with zero attached hydrogens (tertiary/aromatic N) is 1. The number of allylic oxidation sites excluding steroid dienone is 1. The van der Waals surface area contributed by atoms with E-state index < -0.39 is 17.5 Å². The van der Waals surface area contributed by atoms with Crippen LogP contribution in [0.1, 0.15) is 37.4 Å². The molecule has 2 unspecified atom stereocenters. The molecule has 4 atom stereocenters. The maximum atomic E-state index is 12.6. The van der Waals surface area contributed by atoms with Crippen molar-refractivity contribution in [3.63, 3.8) is 0 Å². The molecule has 0 radical (unpaired) electrons. The van der Waals surface area contributed by atoms with Gasteiger partial charge in [-0.15, -0.1) is 0 Å². The Kier molecular flexibility index (Phi) is 3.68. The van der Waals surface area contributed by atoms with E-state index in [1.807, 2.05) is 6.08 Å². The topological polar surface area (TPSA) is 48.4 Å². The molecular formula is C18H18F3NO3. The van der Waals surface area contributed by atoms with E-state index >= 15 is 0 Å². The van der Waals surface area contributed by atoms with Gasteiger partial charge in [-0.3, -0.25) is 4.98 Å². The van der Waals surface area contributed by atoms with E-state index in [4.69, 9.17) is 9.47 Å². The average molecular weight is 353 g/mol. The van der Waals surface area contributed by atoms with E-state index in [0.29, 0.717) is 11.1 Å². The Bertz CT molecular complexity index is 728. The fraction of sp³-hybridized carbons (Fsp3) is 0.556. The van der Waals surface area contributed by atoms with Gasteiger partial charge in [0.25, 0.3) is 0 Å². The smallest absolute Gasteiger partial charge is 0.433 e. The second-order valence-electron chi connectivity index (χ2n) is 7.09. The Morgan fingerprint density at radius 3 is 2.84 bits per heavy atom. The molecule has 0 bridgehead atoms. The highest BCUT2D eigenvalue weighted by atomic mass is 19.4. The molecule has 134 valence electrons. The van der Waals surface area contributed by atoms with Crippen LogP contribution in [0.25, 0.3) is 0 Å².